The van der Waals surface area contributed by atoms with Gasteiger partial charge in [-0.05, 0) is 37.3 Å². The van der Waals surface area contributed by atoms with Crippen LogP contribution < -0.4 is 10.2 Å². The van der Waals surface area contributed by atoms with Gasteiger partial charge in [-0.2, -0.15) is 0 Å². The molecule has 0 saturated carbocycles. The summed E-state index contributed by atoms with van der Waals surface area (Å²) in [6.07, 6.45) is 0. The van der Waals surface area contributed by atoms with E-state index in [9.17, 15) is 14.7 Å². The molecule has 0 bridgehead atoms. The highest BCUT2D eigenvalue weighted by molar-refractivity contribution is 8.03. The third kappa shape index (κ3) is 1.81. The molecule has 2 N–H and O–H groups in total. The van der Waals surface area contributed by atoms with Crippen molar-refractivity contribution in [2.24, 2.45) is 0 Å². The van der Waals surface area contributed by atoms with E-state index in [0.717, 1.165) is 11.3 Å². The molecule has 0 aliphatic carbocycles. The molecule has 0 radical (unpaired) electrons. The molecule has 116 valence electrons. The number of carbonyl (C=O) groups is 2. The van der Waals surface area contributed by atoms with Gasteiger partial charge in [0.25, 0.3) is 5.91 Å². The standard InChI is InChI=1S/C17H14N2O3S/c1-10-15(21)19(11-6-8-12(20)9-7-11)17(23-10)13-4-2-3-5-14(13)18-16(17)22/h2-10,20H,1H3,(H,18,22). The number of anilines is 2. The highest BCUT2D eigenvalue weighted by Crippen LogP contribution is 2.55. The summed E-state index contributed by atoms with van der Waals surface area (Å²) in [6, 6.07) is 13.8. The molecule has 1 spiro atoms. The number of amides is 2. The number of nitrogens with one attached hydrogen (secondary N) is 1. The van der Waals surface area contributed by atoms with Crippen LogP contribution in [0.2, 0.25) is 0 Å². The fraction of sp³-hybridized carbons (Fsp3) is 0.176. The van der Waals surface area contributed by atoms with E-state index in [-0.39, 0.29) is 22.8 Å². The molecule has 2 aromatic rings. The Kier molecular flexibility index (Phi) is 2.93. The normalized spacial score (nSPS) is 25.8. The zero-order chi connectivity index (χ0) is 16.2. The van der Waals surface area contributed by atoms with Crippen LogP contribution in [0.15, 0.2) is 48.5 Å². The average molecular weight is 326 g/mol. The maximum absolute atomic E-state index is 12.8. The summed E-state index contributed by atoms with van der Waals surface area (Å²) in [5, 5.41) is 12.0. The smallest absolute Gasteiger partial charge is 0.266 e. The molecule has 2 aromatic carbocycles. The van der Waals surface area contributed by atoms with Crippen molar-refractivity contribution in [3.8, 4) is 5.75 Å². The zero-order valence-corrected chi connectivity index (χ0v) is 13.1. The molecule has 0 aromatic heterocycles. The number of nitrogens with zero attached hydrogens (tertiary/aromatic N) is 1. The Hall–Kier alpha value is -2.47. The van der Waals surface area contributed by atoms with Crippen molar-refractivity contribution in [3.63, 3.8) is 0 Å². The molecule has 2 unspecified atom stereocenters. The van der Waals surface area contributed by atoms with Gasteiger partial charge in [0.1, 0.15) is 5.75 Å². The number of thioether (sulfide) groups is 1. The number of hydrogen-bond donors (Lipinski definition) is 2. The third-order valence-electron chi connectivity index (χ3n) is 4.19. The zero-order valence-electron chi connectivity index (χ0n) is 12.3. The molecule has 23 heavy (non-hydrogen) atoms. The fourth-order valence-corrected chi connectivity index (χ4v) is 4.64. The molecule has 4 rings (SSSR count). The molecule has 5 nitrogen and oxygen atoms in total. The number of phenolic OH excluding ortho intramolecular Hbond substituents is 1. The number of hydrogen-bond acceptors (Lipinski definition) is 4. The molecule has 2 amide bonds. The van der Waals surface area contributed by atoms with E-state index in [0.29, 0.717) is 5.69 Å². The minimum absolute atomic E-state index is 0.117. The first-order valence-electron chi connectivity index (χ1n) is 7.26. The number of carbonyl (C=O) groups excluding carboxylic acids is 2. The highest BCUT2D eigenvalue weighted by atomic mass is 32.2. The van der Waals surface area contributed by atoms with Gasteiger partial charge in [-0.3, -0.25) is 14.5 Å². The summed E-state index contributed by atoms with van der Waals surface area (Å²) in [4.78, 5) is 26.0. The van der Waals surface area contributed by atoms with Crippen molar-refractivity contribution in [1.82, 2.24) is 0 Å². The van der Waals surface area contributed by atoms with Crippen LogP contribution in [-0.4, -0.2) is 22.2 Å². The number of aromatic hydroxyl groups is 1. The van der Waals surface area contributed by atoms with Gasteiger partial charge in [0.15, 0.2) is 0 Å². The minimum atomic E-state index is -1.09. The first kappa shape index (κ1) is 14.1. The maximum atomic E-state index is 12.8. The molecule has 2 aliphatic rings. The lowest BCUT2D eigenvalue weighted by Gasteiger charge is -2.32. The van der Waals surface area contributed by atoms with Crippen LogP contribution >= 0.6 is 11.8 Å². The van der Waals surface area contributed by atoms with E-state index in [1.807, 2.05) is 31.2 Å². The van der Waals surface area contributed by atoms with Gasteiger partial charge in [-0.25, -0.2) is 0 Å². The van der Waals surface area contributed by atoms with Crippen LogP contribution in [0.4, 0.5) is 11.4 Å². The van der Waals surface area contributed by atoms with Crippen molar-refractivity contribution in [1.29, 1.82) is 0 Å². The van der Waals surface area contributed by atoms with Crippen LogP contribution in [0.3, 0.4) is 0 Å². The summed E-state index contributed by atoms with van der Waals surface area (Å²) in [5.74, 6) is -0.214. The van der Waals surface area contributed by atoms with Gasteiger partial charge in [0, 0.05) is 16.9 Å². The van der Waals surface area contributed by atoms with Crippen molar-refractivity contribution < 1.29 is 14.7 Å². The minimum Gasteiger partial charge on any atom is -0.508 e. The molecular weight excluding hydrogens is 312 g/mol. The number of benzene rings is 2. The van der Waals surface area contributed by atoms with Crippen molar-refractivity contribution in [3.05, 3.63) is 54.1 Å². The van der Waals surface area contributed by atoms with Gasteiger partial charge in [-0.15, -0.1) is 11.8 Å². The predicted octanol–water partition coefficient (Wildman–Crippen LogP) is 2.67. The van der Waals surface area contributed by atoms with Crippen LogP contribution in [0, 0.1) is 0 Å². The second kappa shape index (κ2) is 4.76. The van der Waals surface area contributed by atoms with Crippen molar-refractivity contribution in [2.45, 2.75) is 17.0 Å². The predicted molar refractivity (Wildman–Crippen MR) is 89.4 cm³/mol. The Morgan fingerprint density at radius 1 is 1.13 bits per heavy atom. The Bertz CT molecular complexity index is 821. The lowest BCUT2D eigenvalue weighted by Crippen LogP contribution is -2.47. The summed E-state index contributed by atoms with van der Waals surface area (Å²) in [5.41, 5.74) is 2.12. The molecule has 2 atom stereocenters. The van der Waals surface area contributed by atoms with E-state index < -0.39 is 4.87 Å². The average Bonchev–Trinajstić information content (AvgIpc) is 2.97. The molecular formula is C17H14N2O3S. The van der Waals surface area contributed by atoms with E-state index in [2.05, 4.69) is 5.32 Å². The van der Waals surface area contributed by atoms with Gasteiger partial charge in [0.2, 0.25) is 10.8 Å². The number of phenols is 1. The molecule has 2 aliphatic heterocycles. The summed E-state index contributed by atoms with van der Waals surface area (Å²) in [7, 11) is 0. The number of para-hydroxylation sites is 1. The van der Waals surface area contributed by atoms with E-state index in [4.69, 9.17) is 0 Å². The molecule has 2 heterocycles. The van der Waals surface area contributed by atoms with Crippen molar-refractivity contribution in [2.75, 3.05) is 10.2 Å². The van der Waals surface area contributed by atoms with E-state index >= 15 is 0 Å². The summed E-state index contributed by atoms with van der Waals surface area (Å²) in [6.45, 7) is 1.81. The first-order valence-corrected chi connectivity index (χ1v) is 8.14. The van der Waals surface area contributed by atoms with Gasteiger partial charge in [-0.1, -0.05) is 18.2 Å². The number of fused-ring (bicyclic) bond motifs is 2. The molecule has 1 fully saturated rings. The quantitative estimate of drug-likeness (QED) is 0.845. The highest BCUT2D eigenvalue weighted by Gasteiger charge is 2.60. The second-order valence-corrected chi connectivity index (χ2v) is 7.13. The van der Waals surface area contributed by atoms with E-state index in [1.54, 1.807) is 17.0 Å². The van der Waals surface area contributed by atoms with Gasteiger partial charge >= 0.3 is 0 Å². The van der Waals surface area contributed by atoms with Crippen LogP contribution in [-0.2, 0) is 14.5 Å². The Balaban J connectivity index is 1.94. The Morgan fingerprint density at radius 2 is 1.83 bits per heavy atom. The maximum Gasteiger partial charge on any atom is 0.266 e. The van der Waals surface area contributed by atoms with Crippen molar-refractivity contribution >= 4 is 35.0 Å². The SMILES string of the molecule is CC1SC2(C(=O)Nc3ccccc32)N(c2ccc(O)cc2)C1=O. The Morgan fingerprint density at radius 3 is 2.57 bits per heavy atom. The number of rotatable bonds is 1. The second-order valence-electron chi connectivity index (χ2n) is 5.59. The largest absolute Gasteiger partial charge is 0.508 e. The molecule has 1 saturated heterocycles. The lowest BCUT2D eigenvalue weighted by molar-refractivity contribution is -0.122. The fourth-order valence-electron chi connectivity index (χ4n) is 3.16. The van der Waals surface area contributed by atoms with Gasteiger partial charge < -0.3 is 10.4 Å². The summed E-state index contributed by atoms with van der Waals surface area (Å²) < 4.78 is 0. The topological polar surface area (TPSA) is 69.6 Å². The van der Waals surface area contributed by atoms with Crippen LogP contribution in [0.1, 0.15) is 12.5 Å². The van der Waals surface area contributed by atoms with Crippen LogP contribution in [0.5, 0.6) is 5.75 Å². The first-order chi connectivity index (χ1) is 11.0. The lowest BCUT2D eigenvalue weighted by atomic mass is 10.0. The monoisotopic (exact) mass is 326 g/mol. The summed E-state index contributed by atoms with van der Waals surface area (Å²) >= 11 is 1.34. The van der Waals surface area contributed by atoms with E-state index in [1.165, 1.54) is 23.9 Å². The third-order valence-corrected chi connectivity index (χ3v) is 5.67. The Labute approximate surface area is 137 Å². The van der Waals surface area contributed by atoms with Crippen LogP contribution in [0.25, 0.3) is 0 Å². The molecule has 6 heteroatoms. The van der Waals surface area contributed by atoms with Gasteiger partial charge in [0.05, 0.1) is 5.25 Å².